The molecule has 0 aliphatic heterocycles. The van der Waals surface area contributed by atoms with Crippen LogP contribution < -0.4 is 5.56 Å². The van der Waals surface area contributed by atoms with E-state index in [-0.39, 0.29) is 11.5 Å². The van der Waals surface area contributed by atoms with Crippen LogP contribution in [0.5, 0.6) is 0 Å². The molecular formula is C12H20N2O2. The molecule has 0 fully saturated rings. The average Bonchev–Trinajstić information content (AvgIpc) is 2.16. The molecule has 1 aromatic rings. The molecule has 0 aromatic carbocycles. The lowest BCUT2D eigenvalue weighted by molar-refractivity contribution is -0.0211. The van der Waals surface area contributed by atoms with Crippen molar-refractivity contribution in [2.75, 3.05) is 6.61 Å². The van der Waals surface area contributed by atoms with Gasteiger partial charge in [-0.05, 0) is 26.7 Å². The highest BCUT2D eigenvalue weighted by Crippen LogP contribution is 2.21. The maximum Gasteiger partial charge on any atom is 0.251 e. The molecule has 4 nitrogen and oxygen atoms in total. The Morgan fingerprint density at radius 2 is 2.12 bits per heavy atom. The Bertz CT molecular complexity index is 408. The fourth-order valence-electron chi connectivity index (χ4n) is 1.49. The third-order valence-corrected chi connectivity index (χ3v) is 2.43. The Hall–Kier alpha value is -1.16. The van der Waals surface area contributed by atoms with Gasteiger partial charge in [-0.3, -0.25) is 4.79 Å². The van der Waals surface area contributed by atoms with Crippen LogP contribution in [0.2, 0.25) is 0 Å². The monoisotopic (exact) mass is 224 g/mol. The first-order valence-corrected chi connectivity index (χ1v) is 5.62. The Morgan fingerprint density at radius 3 is 2.62 bits per heavy atom. The van der Waals surface area contributed by atoms with Gasteiger partial charge in [-0.2, -0.15) is 0 Å². The predicted octanol–water partition coefficient (Wildman–Crippen LogP) is 2.16. The molecule has 1 aromatic heterocycles. The van der Waals surface area contributed by atoms with Gasteiger partial charge in [0.05, 0.1) is 5.69 Å². The third kappa shape index (κ3) is 2.92. The summed E-state index contributed by atoms with van der Waals surface area (Å²) in [6.45, 7) is 10.3. The van der Waals surface area contributed by atoms with E-state index in [0.717, 1.165) is 5.69 Å². The second kappa shape index (κ2) is 4.78. The fraction of sp³-hybridized carbons (Fsp3) is 0.667. The number of aromatic amines is 1. The molecule has 1 heterocycles. The number of ether oxygens (including phenoxy) is 1. The molecule has 90 valence electrons. The quantitative estimate of drug-likeness (QED) is 0.852. The first-order valence-electron chi connectivity index (χ1n) is 5.62. The molecule has 0 aliphatic carbocycles. The highest BCUT2D eigenvalue weighted by molar-refractivity contribution is 5.10. The lowest BCUT2D eigenvalue weighted by atomic mass is 10.1. The predicted molar refractivity (Wildman–Crippen MR) is 63.6 cm³/mol. The lowest BCUT2D eigenvalue weighted by Gasteiger charge is -2.24. The molecule has 0 saturated carbocycles. The minimum absolute atomic E-state index is 0.124. The van der Waals surface area contributed by atoms with Crippen molar-refractivity contribution < 1.29 is 4.74 Å². The standard InChI is InChI=1S/C12H20N2O2/c1-6-16-12(4,5)11-13-9(8(2)3)7-10(15)14-11/h7-8H,6H2,1-5H3,(H,13,14,15). The van der Waals surface area contributed by atoms with Crippen molar-refractivity contribution in [2.45, 2.75) is 46.1 Å². The first-order chi connectivity index (χ1) is 7.36. The van der Waals surface area contributed by atoms with Crippen molar-refractivity contribution in [1.82, 2.24) is 9.97 Å². The van der Waals surface area contributed by atoms with Gasteiger partial charge in [0.15, 0.2) is 0 Å². The normalized spacial score (nSPS) is 12.1. The number of aromatic nitrogens is 2. The Labute approximate surface area is 96.1 Å². The summed E-state index contributed by atoms with van der Waals surface area (Å²) in [6, 6.07) is 1.54. The molecule has 1 rings (SSSR count). The van der Waals surface area contributed by atoms with Crippen molar-refractivity contribution >= 4 is 0 Å². The average molecular weight is 224 g/mol. The van der Waals surface area contributed by atoms with Crippen LogP contribution in [0.3, 0.4) is 0 Å². The molecule has 0 radical (unpaired) electrons. The van der Waals surface area contributed by atoms with Crippen LogP contribution in [-0.2, 0) is 10.3 Å². The molecule has 0 unspecified atom stereocenters. The van der Waals surface area contributed by atoms with E-state index < -0.39 is 5.60 Å². The molecule has 0 spiro atoms. The molecule has 1 N–H and O–H groups in total. The van der Waals surface area contributed by atoms with Gasteiger partial charge < -0.3 is 9.72 Å². The van der Waals surface area contributed by atoms with Crippen LogP contribution >= 0.6 is 0 Å². The summed E-state index contributed by atoms with van der Waals surface area (Å²) in [5.41, 5.74) is 0.117. The molecule has 0 atom stereocenters. The maximum absolute atomic E-state index is 11.5. The van der Waals surface area contributed by atoms with Crippen molar-refractivity contribution in [3.05, 3.63) is 27.9 Å². The third-order valence-electron chi connectivity index (χ3n) is 2.43. The SMILES string of the molecule is CCOC(C)(C)c1nc(C(C)C)cc(=O)[nH]1. The molecular weight excluding hydrogens is 204 g/mol. The van der Waals surface area contributed by atoms with Gasteiger partial charge in [0.25, 0.3) is 5.56 Å². The van der Waals surface area contributed by atoms with Gasteiger partial charge in [0, 0.05) is 12.7 Å². The maximum atomic E-state index is 11.5. The summed E-state index contributed by atoms with van der Waals surface area (Å²) in [5, 5.41) is 0. The molecule has 0 aliphatic rings. The zero-order valence-electron chi connectivity index (χ0n) is 10.6. The summed E-state index contributed by atoms with van der Waals surface area (Å²) < 4.78 is 5.57. The van der Waals surface area contributed by atoms with Crippen molar-refractivity contribution in [3.63, 3.8) is 0 Å². The van der Waals surface area contributed by atoms with E-state index in [1.54, 1.807) is 0 Å². The zero-order valence-corrected chi connectivity index (χ0v) is 10.6. The minimum atomic E-state index is -0.557. The number of H-pyrrole nitrogens is 1. The first kappa shape index (κ1) is 12.9. The fourth-order valence-corrected chi connectivity index (χ4v) is 1.49. The van der Waals surface area contributed by atoms with Crippen LogP contribution in [0.15, 0.2) is 10.9 Å². The summed E-state index contributed by atoms with van der Waals surface area (Å²) in [5.74, 6) is 0.823. The highest BCUT2D eigenvalue weighted by Gasteiger charge is 2.24. The summed E-state index contributed by atoms with van der Waals surface area (Å²) in [7, 11) is 0. The number of rotatable bonds is 4. The van der Waals surface area contributed by atoms with Crippen molar-refractivity contribution in [3.8, 4) is 0 Å². The molecule has 0 bridgehead atoms. The molecule has 4 heteroatoms. The number of hydrogen-bond donors (Lipinski definition) is 1. The van der Waals surface area contributed by atoms with E-state index in [2.05, 4.69) is 9.97 Å². The zero-order chi connectivity index (χ0) is 12.3. The summed E-state index contributed by atoms with van der Waals surface area (Å²) >= 11 is 0. The molecule has 0 amide bonds. The van der Waals surface area contributed by atoms with Crippen LogP contribution in [-0.4, -0.2) is 16.6 Å². The van der Waals surface area contributed by atoms with Gasteiger partial charge in [-0.25, -0.2) is 4.98 Å². The smallest absolute Gasteiger partial charge is 0.251 e. The topological polar surface area (TPSA) is 55.0 Å². The van der Waals surface area contributed by atoms with Gasteiger partial charge >= 0.3 is 0 Å². The summed E-state index contributed by atoms with van der Waals surface area (Å²) in [6.07, 6.45) is 0. The van der Waals surface area contributed by atoms with E-state index in [4.69, 9.17) is 4.74 Å². The largest absolute Gasteiger partial charge is 0.368 e. The van der Waals surface area contributed by atoms with E-state index >= 15 is 0 Å². The van der Waals surface area contributed by atoms with Crippen LogP contribution in [0.25, 0.3) is 0 Å². The number of nitrogens with zero attached hydrogens (tertiary/aromatic N) is 1. The summed E-state index contributed by atoms with van der Waals surface area (Å²) in [4.78, 5) is 18.7. The Balaban J connectivity index is 3.19. The van der Waals surface area contributed by atoms with Crippen LogP contribution in [0, 0.1) is 0 Å². The highest BCUT2D eigenvalue weighted by atomic mass is 16.5. The van der Waals surface area contributed by atoms with Crippen molar-refractivity contribution in [2.24, 2.45) is 0 Å². The number of hydrogen-bond acceptors (Lipinski definition) is 3. The molecule has 0 saturated heterocycles. The van der Waals surface area contributed by atoms with Gasteiger partial charge in [-0.1, -0.05) is 13.8 Å². The number of nitrogens with one attached hydrogen (secondary N) is 1. The van der Waals surface area contributed by atoms with E-state index in [1.165, 1.54) is 6.07 Å². The van der Waals surface area contributed by atoms with Gasteiger partial charge in [0.1, 0.15) is 11.4 Å². The van der Waals surface area contributed by atoms with E-state index in [9.17, 15) is 4.79 Å². The molecule has 16 heavy (non-hydrogen) atoms. The van der Waals surface area contributed by atoms with Crippen molar-refractivity contribution in [1.29, 1.82) is 0 Å². The Morgan fingerprint density at radius 1 is 1.50 bits per heavy atom. The lowest BCUT2D eigenvalue weighted by Crippen LogP contribution is -2.28. The van der Waals surface area contributed by atoms with Gasteiger partial charge in [-0.15, -0.1) is 0 Å². The van der Waals surface area contributed by atoms with Gasteiger partial charge in [0.2, 0.25) is 0 Å². The van der Waals surface area contributed by atoms with E-state index in [1.807, 2.05) is 34.6 Å². The second-order valence-corrected chi connectivity index (χ2v) is 4.62. The minimum Gasteiger partial charge on any atom is -0.368 e. The van der Waals surface area contributed by atoms with E-state index in [0.29, 0.717) is 12.4 Å². The van der Waals surface area contributed by atoms with Crippen LogP contribution in [0.1, 0.15) is 52.1 Å². The second-order valence-electron chi connectivity index (χ2n) is 4.62. The van der Waals surface area contributed by atoms with Crippen LogP contribution in [0.4, 0.5) is 0 Å². The Kier molecular flexibility index (Phi) is 3.86.